The molecular formula is C21H20F3NO5S. The summed E-state index contributed by atoms with van der Waals surface area (Å²) in [7, 11) is -0.676. The summed E-state index contributed by atoms with van der Waals surface area (Å²) in [5.41, 5.74) is -1.35. The van der Waals surface area contributed by atoms with Gasteiger partial charge >= 0.3 is 5.51 Å². The number of rotatable bonds is 4. The van der Waals surface area contributed by atoms with Crippen LogP contribution in [-0.2, 0) is 17.2 Å². The number of ether oxygens (including phenoxy) is 2. The highest BCUT2D eigenvalue weighted by Crippen LogP contribution is 2.38. The number of methoxy groups -OCH3 is 2. The Morgan fingerprint density at radius 1 is 0.871 bits per heavy atom. The molecule has 0 saturated heterocycles. The summed E-state index contributed by atoms with van der Waals surface area (Å²) in [6.07, 6.45) is 4.15. The number of benzene rings is 2. The molecule has 1 aromatic heterocycles. The number of pyridine rings is 1. The van der Waals surface area contributed by atoms with E-state index in [2.05, 4.69) is 35.2 Å². The molecule has 0 unspecified atom stereocenters. The maximum absolute atomic E-state index is 10.7. The molecule has 0 aliphatic rings. The standard InChI is InChI=1S/C20H20NO2.CHF3O3S/c1-21-13-18(15-8-5-4-6-9-15)20(23-3)19(14-21)16-10-7-11-17(12-16)22-2;2-1(3,4)8(5,6)7/h4-14H,1-3H3;(H,5,6,7)/q+1;/p-1. The minimum atomic E-state index is -6.09. The first-order valence-electron chi connectivity index (χ1n) is 8.77. The molecule has 166 valence electrons. The number of nitrogens with zero attached hydrogens (tertiary/aromatic N) is 1. The third kappa shape index (κ3) is 6.19. The van der Waals surface area contributed by atoms with Crippen molar-refractivity contribution in [2.24, 2.45) is 7.05 Å². The molecule has 3 rings (SSSR count). The largest absolute Gasteiger partial charge is 0.741 e. The highest BCUT2D eigenvalue weighted by molar-refractivity contribution is 7.86. The lowest BCUT2D eigenvalue weighted by Gasteiger charge is -2.13. The van der Waals surface area contributed by atoms with E-state index < -0.39 is 15.6 Å². The van der Waals surface area contributed by atoms with Crippen molar-refractivity contribution in [1.29, 1.82) is 0 Å². The average molecular weight is 455 g/mol. The van der Waals surface area contributed by atoms with Crippen molar-refractivity contribution in [2.75, 3.05) is 14.2 Å². The fourth-order valence-corrected chi connectivity index (χ4v) is 2.75. The molecule has 2 aromatic carbocycles. The lowest BCUT2D eigenvalue weighted by Crippen LogP contribution is -2.27. The van der Waals surface area contributed by atoms with Gasteiger partial charge < -0.3 is 14.0 Å². The molecular weight excluding hydrogens is 435 g/mol. The smallest absolute Gasteiger partial charge is 0.485 e. The third-order valence-corrected chi connectivity index (χ3v) is 4.67. The molecule has 0 aliphatic heterocycles. The van der Waals surface area contributed by atoms with Crippen molar-refractivity contribution in [3.63, 3.8) is 0 Å². The van der Waals surface area contributed by atoms with Gasteiger partial charge in [0.25, 0.3) is 0 Å². The summed E-state index contributed by atoms with van der Waals surface area (Å²) in [5.74, 6) is 1.69. The van der Waals surface area contributed by atoms with Gasteiger partial charge in [0.2, 0.25) is 0 Å². The van der Waals surface area contributed by atoms with Crippen LogP contribution in [0.2, 0.25) is 0 Å². The summed E-state index contributed by atoms with van der Waals surface area (Å²) in [5, 5.41) is 0. The van der Waals surface area contributed by atoms with Crippen LogP contribution >= 0.6 is 0 Å². The number of hydrogen-bond acceptors (Lipinski definition) is 5. The van der Waals surface area contributed by atoms with Gasteiger partial charge in [-0.05, 0) is 23.3 Å². The molecule has 0 aliphatic carbocycles. The van der Waals surface area contributed by atoms with Crippen LogP contribution in [0.15, 0.2) is 67.0 Å². The molecule has 6 nitrogen and oxygen atoms in total. The molecule has 0 saturated carbocycles. The normalized spacial score (nSPS) is 11.3. The maximum Gasteiger partial charge on any atom is 0.485 e. The molecule has 0 fully saturated rings. The van der Waals surface area contributed by atoms with Gasteiger partial charge in [0.1, 0.15) is 18.5 Å². The maximum atomic E-state index is 10.7. The molecule has 10 heteroatoms. The van der Waals surface area contributed by atoms with Crippen molar-refractivity contribution in [3.05, 3.63) is 67.0 Å². The van der Waals surface area contributed by atoms with Crippen LogP contribution in [0.3, 0.4) is 0 Å². The van der Waals surface area contributed by atoms with E-state index in [4.69, 9.17) is 22.4 Å². The number of hydrogen-bond donors (Lipinski definition) is 0. The first-order chi connectivity index (χ1) is 14.5. The Morgan fingerprint density at radius 3 is 1.87 bits per heavy atom. The predicted molar refractivity (Wildman–Crippen MR) is 107 cm³/mol. The minimum absolute atomic E-state index is 0.831. The van der Waals surface area contributed by atoms with E-state index in [-0.39, 0.29) is 0 Å². The summed E-state index contributed by atoms with van der Waals surface area (Å²) in [6, 6.07) is 18.3. The Balaban J connectivity index is 0.000000366. The number of aryl methyl sites for hydroxylation is 1. The van der Waals surface area contributed by atoms with Gasteiger partial charge in [-0.15, -0.1) is 0 Å². The molecule has 0 N–H and O–H groups in total. The van der Waals surface area contributed by atoms with Gasteiger partial charge in [-0.3, -0.25) is 0 Å². The number of aromatic nitrogens is 1. The van der Waals surface area contributed by atoms with Gasteiger partial charge in [-0.2, -0.15) is 13.2 Å². The molecule has 1 heterocycles. The number of halogens is 3. The second-order valence-corrected chi connectivity index (χ2v) is 7.65. The van der Waals surface area contributed by atoms with Gasteiger partial charge in [0.15, 0.2) is 22.5 Å². The second-order valence-electron chi connectivity index (χ2n) is 6.28. The zero-order valence-corrected chi connectivity index (χ0v) is 17.7. The average Bonchev–Trinajstić information content (AvgIpc) is 2.73. The Kier molecular flexibility index (Phi) is 7.64. The molecule has 0 radical (unpaired) electrons. The first kappa shape index (κ1) is 24.2. The molecule has 3 aromatic rings. The van der Waals surface area contributed by atoms with Crippen molar-refractivity contribution < 1.29 is 40.2 Å². The Labute approximate surface area is 178 Å². The monoisotopic (exact) mass is 455 g/mol. The van der Waals surface area contributed by atoms with Gasteiger partial charge in [-0.25, -0.2) is 13.0 Å². The van der Waals surface area contributed by atoms with Crippen LogP contribution in [-0.4, -0.2) is 32.7 Å². The molecule has 0 atom stereocenters. The first-order valence-corrected chi connectivity index (χ1v) is 10.2. The Morgan fingerprint density at radius 2 is 1.39 bits per heavy atom. The summed E-state index contributed by atoms with van der Waals surface area (Å²) in [4.78, 5) is 0. The summed E-state index contributed by atoms with van der Waals surface area (Å²) in [6.45, 7) is 0. The van der Waals surface area contributed by atoms with E-state index >= 15 is 0 Å². The van der Waals surface area contributed by atoms with Crippen molar-refractivity contribution in [1.82, 2.24) is 0 Å². The van der Waals surface area contributed by atoms with E-state index in [0.717, 1.165) is 33.8 Å². The van der Waals surface area contributed by atoms with Crippen molar-refractivity contribution in [3.8, 4) is 33.8 Å². The molecule has 31 heavy (non-hydrogen) atoms. The van der Waals surface area contributed by atoms with E-state index in [1.54, 1.807) is 14.2 Å². The van der Waals surface area contributed by atoms with Gasteiger partial charge in [0.05, 0.1) is 25.3 Å². The van der Waals surface area contributed by atoms with Crippen LogP contribution < -0.4 is 14.0 Å². The highest BCUT2D eigenvalue weighted by Gasteiger charge is 2.36. The molecule has 0 amide bonds. The van der Waals surface area contributed by atoms with Gasteiger partial charge in [0, 0.05) is 0 Å². The van der Waals surface area contributed by atoms with Crippen molar-refractivity contribution >= 4 is 10.1 Å². The van der Waals surface area contributed by atoms with E-state index in [9.17, 15) is 13.2 Å². The minimum Gasteiger partial charge on any atom is -0.741 e. The zero-order chi connectivity index (χ0) is 23.2. The lowest BCUT2D eigenvalue weighted by molar-refractivity contribution is -0.670. The van der Waals surface area contributed by atoms with Crippen LogP contribution in [0.5, 0.6) is 11.5 Å². The fourth-order valence-electron chi connectivity index (χ4n) is 2.75. The van der Waals surface area contributed by atoms with Gasteiger partial charge in [-0.1, -0.05) is 42.5 Å². The van der Waals surface area contributed by atoms with E-state index in [0.29, 0.717) is 0 Å². The Bertz CT molecular complexity index is 1130. The zero-order valence-electron chi connectivity index (χ0n) is 16.9. The van der Waals surface area contributed by atoms with E-state index in [1.807, 2.05) is 43.4 Å². The SMILES string of the molecule is COc1cccc(-c2c[n+](C)cc(-c3ccccc3)c2OC)c1.O=S(=O)([O-])C(F)(F)F. The topological polar surface area (TPSA) is 79.5 Å². The summed E-state index contributed by atoms with van der Waals surface area (Å²) >= 11 is 0. The van der Waals surface area contributed by atoms with Crippen molar-refractivity contribution in [2.45, 2.75) is 5.51 Å². The van der Waals surface area contributed by atoms with E-state index in [1.165, 1.54) is 0 Å². The number of alkyl halides is 3. The predicted octanol–water partition coefficient (Wildman–Crippen LogP) is 3.91. The Hall–Kier alpha value is -3.11. The third-order valence-electron chi connectivity index (χ3n) is 4.11. The lowest BCUT2D eigenvalue weighted by atomic mass is 10.00. The van der Waals surface area contributed by atoms with Crippen LogP contribution in [0.25, 0.3) is 22.3 Å². The van der Waals surface area contributed by atoms with Crippen LogP contribution in [0, 0.1) is 0 Å². The summed E-state index contributed by atoms with van der Waals surface area (Å²) < 4.78 is 72.1. The molecule has 0 bridgehead atoms. The van der Waals surface area contributed by atoms with Crippen LogP contribution in [0.1, 0.15) is 0 Å². The highest BCUT2D eigenvalue weighted by atomic mass is 32.2. The fraction of sp³-hybridized carbons (Fsp3) is 0.190. The quantitative estimate of drug-likeness (QED) is 0.339. The molecule has 0 spiro atoms. The van der Waals surface area contributed by atoms with Crippen LogP contribution in [0.4, 0.5) is 13.2 Å². The second kappa shape index (κ2) is 9.80.